The van der Waals surface area contributed by atoms with Crippen LogP contribution in [0.1, 0.15) is 37.0 Å². The highest BCUT2D eigenvalue weighted by atomic mass is 127. The number of nitrogens with zero attached hydrogens (tertiary/aromatic N) is 3. The third-order valence-corrected chi connectivity index (χ3v) is 6.85. The number of amides is 1. The van der Waals surface area contributed by atoms with Crippen LogP contribution in [0.5, 0.6) is 0 Å². The molecule has 0 radical (unpaired) electrons. The van der Waals surface area contributed by atoms with Crippen molar-refractivity contribution in [1.29, 1.82) is 0 Å². The molecular formula is C21H36IN5OS. The minimum absolute atomic E-state index is 0. The highest BCUT2D eigenvalue weighted by Crippen LogP contribution is 2.22. The average Bonchev–Trinajstić information content (AvgIpc) is 3.23. The van der Waals surface area contributed by atoms with Crippen LogP contribution in [0.3, 0.4) is 0 Å². The van der Waals surface area contributed by atoms with Gasteiger partial charge in [-0.05, 0) is 55.5 Å². The minimum Gasteiger partial charge on any atom is -0.359 e. The minimum atomic E-state index is 0. The number of carbonyl (C=O) groups excluding carboxylic acids is 1. The van der Waals surface area contributed by atoms with Gasteiger partial charge >= 0.3 is 0 Å². The van der Waals surface area contributed by atoms with Gasteiger partial charge in [-0.3, -0.25) is 14.7 Å². The molecule has 0 saturated carbocycles. The number of aliphatic imine (C=N–C) groups is 1. The first kappa shape index (κ1) is 24.4. The molecule has 2 aliphatic heterocycles. The molecule has 2 N–H and O–H groups in total. The summed E-state index contributed by atoms with van der Waals surface area (Å²) in [5.41, 5.74) is 0. The second kappa shape index (κ2) is 12.7. The van der Waals surface area contributed by atoms with Crippen LogP contribution in [0, 0.1) is 11.8 Å². The van der Waals surface area contributed by atoms with Crippen molar-refractivity contribution >= 4 is 47.2 Å². The first-order chi connectivity index (χ1) is 13.7. The van der Waals surface area contributed by atoms with Gasteiger partial charge in [0, 0.05) is 58.1 Å². The molecule has 8 heteroatoms. The fourth-order valence-electron chi connectivity index (χ4n) is 4.37. The van der Waals surface area contributed by atoms with E-state index in [9.17, 15) is 4.79 Å². The molecule has 1 aromatic rings. The maximum atomic E-state index is 11.6. The number of rotatable bonds is 6. The number of guanidine groups is 1. The summed E-state index contributed by atoms with van der Waals surface area (Å²) < 4.78 is 0. The van der Waals surface area contributed by atoms with Crippen LogP contribution in [0.2, 0.25) is 0 Å². The van der Waals surface area contributed by atoms with E-state index in [-0.39, 0.29) is 29.9 Å². The molecule has 3 heterocycles. The number of nitrogens with one attached hydrogen (secondary N) is 2. The van der Waals surface area contributed by atoms with Gasteiger partial charge in [-0.15, -0.1) is 35.3 Å². The molecule has 1 atom stereocenters. The Bertz CT molecular complexity index is 631. The fourth-order valence-corrected chi connectivity index (χ4v) is 5.11. The summed E-state index contributed by atoms with van der Waals surface area (Å²) in [6.07, 6.45) is 5.34. The van der Waals surface area contributed by atoms with Gasteiger partial charge in [-0.2, -0.15) is 0 Å². The quantitative estimate of drug-likeness (QED) is 0.336. The van der Waals surface area contributed by atoms with E-state index in [0.717, 1.165) is 51.5 Å². The van der Waals surface area contributed by atoms with E-state index in [1.54, 1.807) is 7.05 Å². The highest BCUT2D eigenvalue weighted by molar-refractivity contribution is 14.0. The number of halogens is 1. The molecule has 2 fully saturated rings. The van der Waals surface area contributed by atoms with Gasteiger partial charge in [-0.25, -0.2) is 0 Å². The summed E-state index contributed by atoms with van der Waals surface area (Å²) in [4.78, 5) is 22.5. The van der Waals surface area contributed by atoms with Gasteiger partial charge in [-0.1, -0.05) is 6.07 Å². The third-order valence-electron chi connectivity index (χ3n) is 5.99. The van der Waals surface area contributed by atoms with E-state index in [1.807, 2.05) is 18.4 Å². The van der Waals surface area contributed by atoms with E-state index in [2.05, 4.69) is 42.9 Å². The molecule has 6 nitrogen and oxygen atoms in total. The Morgan fingerprint density at radius 2 is 2.03 bits per heavy atom. The number of likely N-dealkylation sites (tertiary alicyclic amines) is 2. The van der Waals surface area contributed by atoms with E-state index in [1.165, 1.54) is 24.3 Å². The number of hydrogen-bond acceptors (Lipinski definition) is 4. The predicted molar refractivity (Wildman–Crippen MR) is 132 cm³/mol. The zero-order valence-electron chi connectivity index (χ0n) is 17.7. The van der Waals surface area contributed by atoms with Crippen molar-refractivity contribution in [3.8, 4) is 0 Å². The van der Waals surface area contributed by atoms with E-state index >= 15 is 0 Å². The molecule has 2 aliphatic rings. The van der Waals surface area contributed by atoms with Gasteiger partial charge in [0.05, 0.1) is 0 Å². The van der Waals surface area contributed by atoms with Crippen LogP contribution in [0.25, 0.3) is 0 Å². The number of piperidine rings is 2. The zero-order valence-corrected chi connectivity index (χ0v) is 20.9. The van der Waals surface area contributed by atoms with Crippen LogP contribution >= 0.6 is 35.3 Å². The second-order valence-corrected chi connectivity index (χ2v) is 9.09. The normalized spacial score (nSPS) is 21.5. The Balaban J connectivity index is 0.00000300. The SMILES string of the molecule is CN=C(NCC1CCCN(Cc2cccs2)C1)N1CCC(CC(=O)NC)CC1.I. The number of thiophene rings is 1. The largest absolute Gasteiger partial charge is 0.359 e. The first-order valence-corrected chi connectivity index (χ1v) is 11.5. The van der Waals surface area contributed by atoms with Crippen LogP contribution in [-0.4, -0.2) is 68.5 Å². The van der Waals surface area contributed by atoms with Gasteiger partial charge in [0.15, 0.2) is 5.96 Å². The summed E-state index contributed by atoms with van der Waals surface area (Å²) in [6, 6.07) is 4.38. The average molecular weight is 534 g/mol. The summed E-state index contributed by atoms with van der Waals surface area (Å²) in [7, 11) is 3.60. The van der Waals surface area contributed by atoms with Crippen molar-refractivity contribution in [3.63, 3.8) is 0 Å². The van der Waals surface area contributed by atoms with Crippen LogP contribution in [-0.2, 0) is 11.3 Å². The maximum Gasteiger partial charge on any atom is 0.220 e. The van der Waals surface area contributed by atoms with Gasteiger partial charge in [0.1, 0.15) is 0 Å². The zero-order chi connectivity index (χ0) is 19.8. The van der Waals surface area contributed by atoms with Crippen molar-refractivity contribution in [2.75, 3.05) is 46.8 Å². The topological polar surface area (TPSA) is 60.0 Å². The standard InChI is InChI=1S/C21H35N5OS.HI/c1-22-20(27)13-17-7-10-26(11-8-17)21(23-2)24-14-18-5-3-9-25(15-18)16-19-6-4-12-28-19;/h4,6,12,17-18H,3,5,7-11,13-16H2,1-2H3,(H,22,27)(H,23,24);1H. The first-order valence-electron chi connectivity index (χ1n) is 10.6. The Morgan fingerprint density at radius 3 is 2.69 bits per heavy atom. The Kier molecular flexibility index (Phi) is 10.7. The summed E-state index contributed by atoms with van der Waals surface area (Å²) >= 11 is 1.86. The lowest BCUT2D eigenvalue weighted by molar-refractivity contribution is -0.121. The second-order valence-electron chi connectivity index (χ2n) is 8.06. The highest BCUT2D eigenvalue weighted by Gasteiger charge is 2.25. The molecule has 29 heavy (non-hydrogen) atoms. The van der Waals surface area contributed by atoms with Gasteiger partial charge in [0.2, 0.25) is 5.91 Å². The molecule has 3 rings (SSSR count). The third kappa shape index (κ3) is 7.71. The summed E-state index contributed by atoms with van der Waals surface area (Å²) in [5.74, 6) is 2.36. The molecule has 0 spiro atoms. The fraction of sp³-hybridized carbons (Fsp3) is 0.714. The van der Waals surface area contributed by atoms with Crippen molar-refractivity contribution in [2.24, 2.45) is 16.8 Å². The van der Waals surface area contributed by atoms with Crippen molar-refractivity contribution in [2.45, 2.75) is 38.6 Å². The van der Waals surface area contributed by atoms with Crippen LogP contribution < -0.4 is 10.6 Å². The van der Waals surface area contributed by atoms with E-state index < -0.39 is 0 Å². The molecule has 164 valence electrons. The summed E-state index contributed by atoms with van der Waals surface area (Å²) in [6.45, 7) is 6.42. The van der Waals surface area contributed by atoms with Crippen molar-refractivity contribution < 1.29 is 4.79 Å². The molecule has 0 aliphatic carbocycles. The maximum absolute atomic E-state index is 11.6. The lowest BCUT2D eigenvalue weighted by Crippen LogP contribution is -2.48. The molecular weight excluding hydrogens is 497 g/mol. The number of hydrogen-bond donors (Lipinski definition) is 2. The van der Waals surface area contributed by atoms with E-state index in [4.69, 9.17) is 0 Å². The van der Waals surface area contributed by atoms with Crippen LogP contribution in [0.15, 0.2) is 22.5 Å². The lowest BCUT2D eigenvalue weighted by Gasteiger charge is -2.36. The molecule has 2 saturated heterocycles. The van der Waals surface area contributed by atoms with Gasteiger partial charge < -0.3 is 15.5 Å². The number of carbonyl (C=O) groups is 1. The Hall–Kier alpha value is -0.870. The predicted octanol–water partition coefficient (Wildman–Crippen LogP) is 3.00. The Labute approximate surface area is 196 Å². The summed E-state index contributed by atoms with van der Waals surface area (Å²) in [5, 5.41) is 8.53. The monoisotopic (exact) mass is 533 g/mol. The lowest BCUT2D eigenvalue weighted by atomic mass is 9.93. The molecule has 1 unspecified atom stereocenters. The van der Waals surface area contributed by atoms with Crippen molar-refractivity contribution in [3.05, 3.63) is 22.4 Å². The van der Waals surface area contributed by atoms with Crippen LogP contribution in [0.4, 0.5) is 0 Å². The molecule has 1 aromatic heterocycles. The Morgan fingerprint density at radius 1 is 1.24 bits per heavy atom. The van der Waals surface area contributed by atoms with Crippen molar-refractivity contribution in [1.82, 2.24) is 20.4 Å². The molecule has 1 amide bonds. The van der Waals surface area contributed by atoms with E-state index in [0.29, 0.717) is 18.3 Å². The van der Waals surface area contributed by atoms with Gasteiger partial charge in [0.25, 0.3) is 0 Å². The smallest absolute Gasteiger partial charge is 0.220 e. The molecule has 0 aromatic carbocycles. The molecule has 0 bridgehead atoms.